The summed E-state index contributed by atoms with van der Waals surface area (Å²) in [5.74, 6) is 1.41. The summed E-state index contributed by atoms with van der Waals surface area (Å²) in [6.45, 7) is 3.95. The van der Waals surface area contributed by atoms with Crippen molar-refractivity contribution in [1.82, 2.24) is 24.1 Å². The lowest BCUT2D eigenvalue weighted by Gasteiger charge is -2.07. The van der Waals surface area contributed by atoms with E-state index in [-0.39, 0.29) is 5.91 Å². The predicted octanol–water partition coefficient (Wildman–Crippen LogP) is 2.63. The zero-order chi connectivity index (χ0) is 16.2. The van der Waals surface area contributed by atoms with E-state index >= 15 is 0 Å². The summed E-state index contributed by atoms with van der Waals surface area (Å²) in [6.07, 6.45) is 6.86. The molecule has 0 fully saturated rings. The molecule has 7 nitrogen and oxygen atoms in total. The van der Waals surface area contributed by atoms with Crippen LogP contribution < -0.4 is 5.32 Å². The monoisotopic (exact) mass is 328 g/mol. The molecule has 1 N–H and O–H groups in total. The number of hydrogen-bond donors (Lipinski definition) is 1. The normalized spacial score (nSPS) is 10.7. The average molecular weight is 328 g/mol. The number of nitrogens with zero attached hydrogens (tertiary/aromatic N) is 5. The van der Waals surface area contributed by atoms with Gasteiger partial charge in [-0.3, -0.25) is 9.36 Å². The number of nitrogens with one attached hydrogen (secondary N) is 1. The Balaban J connectivity index is 1.74. The molecule has 0 aliphatic heterocycles. The van der Waals surface area contributed by atoms with Crippen molar-refractivity contribution in [3.05, 3.63) is 47.1 Å². The lowest BCUT2D eigenvalue weighted by Crippen LogP contribution is -2.13. The van der Waals surface area contributed by atoms with Crippen LogP contribution in [0.4, 0.5) is 5.69 Å². The summed E-state index contributed by atoms with van der Waals surface area (Å²) in [6, 6.07) is 3.65. The Morgan fingerprint density at radius 1 is 1.35 bits per heavy atom. The molecule has 0 saturated carbocycles. The first-order chi connectivity index (χ1) is 11.2. The number of pyridine rings is 1. The van der Waals surface area contributed by atoms with E-state index in [1.54, 1.807) is 12.4 Å². The Labute approximate surface area is 137 Å². The molecule has 23 heavy (non-hydrogen) atoms. The summed E-state index contributed by atoms with van der Waals surface area (Å²) in [7, 11) is 0. The second-order valence-corrected chi connectivity index (χ2v) is 5.76. The highest BCUT2D eigenvalue weighted by molar-refractivity contribution is 7.08. The predicted molar refractivity (Wildman–Crippen MR) is 88.0 cm³/mol. The van der Waals surface area contributed by atoms with Crippen LogP contribution in [-0.2, 0) is 6.42 Å². The van der Waals surface area contributed by atoms with Gasteiger partial charge in [-0.05, 0) is 37.0 Å². The first-order valence-corrected chi connectivity index (χ1v) is 8.05. The van der Waals surface area contributed by atoms with Crippen LogP contribution in [0.1, 0.15) is 34.5 Å². The van der Waals surface area contributed by atoms with Gasteiger partial charge in [-0.2, -0.15) is 0 Å². The Kier molecular flexibility index (Phi) is 4.42. The molecule has 0 bridgehead atoms. The molecular weight excluding hydrogens is 312 g/mol. The molecule has 3 aromatic rings. The van der Waals surface area contributed by atoms with Crippen LogP contribution in [0.25, 0.3) is 5.82 Å². The maximum absolute atomic E-state index is 12.3. The Bertz CT molecular complexity index is 807. The number of carbonyl (C=O) groups excluding carboxylic acids is 1. The van der Waals surface area contributed by atoms with Crippen LogP contribution in [0.3, 0.4) is 0 Å². The van der Waals surface area contributed by atoms with Crippen molar-refractivity contribution in [3.8, 4) is 5.82 Å². The van der Waals surface area contributed by atoms with Gasteiger partial charge in [-0.1, -0.05) is 17.8 Å². The first-order valence-electron chi connectivity index (χ1n) is 7.28. The molecule has 0 radical (unpaired) electrons. The van der Waals surface area contributed by atoms with Crippen molar-refractivity contribution >= 4 is 23.1 Å². The highest BCUT2D eigenvalue weighted by Crippen LogP contribution is 2.16. The molecule has 0 atom stereocenters. The Morgan fingerprint density at radius 2 is 2.22 bits per heavy atom. The highest BCUT2D eigenvalue weighted by atomic mass is 32.1. The number of anilines is 1. The average Bonchev–Trinajstić information content (AvgIpc) is 3.17. The lowest BCUT2D eigenvalue weighted by atomic mass is 10.2. The van der Waals surface area contributed by atoms with Gasteiger partial charge in [0, 0.05) is 12.4 Å². The summed E-state index contributed by atoms with van der Waals surface area (Å²) in [5, 5.41) is 6.84. The zero-order valence-corrected chi connectivity index (χ0v) is 13.7. The third-order valence-electron chi connectivity index (χ3n) is 3.33. The molecule has 0 unspecified atom stereocenters. The van der Waals surface area contributed by atoms with Crippen molar-refractivity contribution in [1.29, 1.82) is 0 Å². The molecule has 3 aromatic heterocycles. The quantitative estimate of drug-likeness (QED) is 0.778. The fourth-order valence-electron chi connectivity index (χ4n) is 2.19. The van der Waals surface area contributed by atoms with Gasteiger partial charge in [0.2, 0.25) is 0 Å². The van der Waals surface area contributed by atoms with E-state index in [9.17, 15) is 4.79 Å². The minimum atomic E-state index is -0.197. The van der Waals surface area contributed by atoms with Crippen LogP contribution in [-0.4, -0.2) is 30.0 Å². The van der Waals surface area contributed by atoms with Gasteiger partial charge in [-0.15, -0.1) is 5.10 Å². The number of carbonyl (C=O) groups is 1. The maximum Gasteiger partial charge on any atom is 0.269 e. The number of rotatable bonds is 5. The molecular formula is C15H16N6OS. The fraction of sp³-hybridized carbons (Fsp3) is 0.267. The third-order valence-corrected chi connectivity index (χ3v) is 4.09. The van der Waals surface area contributed by atoms with E-state index in [0.717, 1.165) is 41.7 Å². The number of aromatic nitrogens is 5. The van der Waals surface area contributed by atoms with E-state index in [1.165, 1.54) is 0 Å². The van der Waals surface area contributed by atoms with Crippen LogP contribution in [0.5, 0.6) is 0 Å². The van der Waals surface area contributed by atoms with Crippen LogP contribution >= 0.6 is 11.5 Å². The first kappa shape index (κ1) is 15.3. The maximum atomic E-state index is 12.3. The molecule has 1 amide bonds. The number of aryl methyl sites for hydroxylation is 2. The molecule has 0 aliphatic carbocycles. The van der Waals surface area contributed by atoms with Gasteiger partial charge in [0.05, 0.1) is 17.6 Å². The molecule has 8 heteroatoms. The largest absolute Gasteiger partial charge is 0.320 e. The molecule has 0 spiro atoms. The Hall–Kier alpha value is -2.61. The lowest BCUT2D eigenvalue weighted by molar-refractivity contribution is 0.102. The van der Waals surface area contributed by atoms with Gasteiger partial charge >= 0.3 is 0 Å². The fourth-order valence-corrected chi connectivity index (χ4v) is 2.80. The van der Waals surface area contributed by atoms with E-state index < -0.39 is 0 Å². The minimum Gasteiger partial charge on any atom is -0.320 e. The number of amides is 1. The van der Waals surface area contributed by atoms with Crippen molar-refractivity contribution in [3.63, 3.8) is 0 Å². The smallest absolute Gasteiger partial charge is 0.269 e. The number of imidazole rings is 1. The van der Waals surface area contributed by atoms with Gasteiger partial charge in [0.15, 0.2) is 0 Å². The van der Waals surface area contributed by atoms with Crippen molar-refractivity contribution < 1.29 is 4.79 Å². The van der Waals surface area contributed by atoms with Gasteiger partial charge in [-0.25, -0.2) is 9.97 Å². The van der Waals surface area contributed by atoms with E-state index in [0.29, 0.717) is 10.6 Å². The molecule has 3 heterocycles. The molecule has 3 rings (SSSR count). The van der Waals surface area contributed by atoms with E-state index in [1.807, 2.05) is 36.7 Å². The minimum absolute atomic E-state index is 0.197. The summed E-state index contributed by atoms with van der Waals surface area (Å²) in [5.41, 5.74) is 1.38. The van der Waals surface area contributed by atoms with Crippen LogP contribution in [0.15, 0.2) is 30.7 Å². The van der Waals surface area contributed by atoms with Gasteiger partial charge in [0.1, 0.15) is 16.5 Å². The second-order valence-electron chi connectivity index (χ2n) is 5.00. The molecule has 0 aliphatic rings. The van der Waals surface area contributed by atoms with Crippen molar-refractivity contribution in [2.75, 3.05) is 5.32 Å². The summed E-state index contributed by atoms with van der Waals surface area (Å²) < 4.78 is 5.74. The van der Waals surface area contributed by atoms with Gasteiger partial charge < -0.3 is 5.32 Å². The second kappa shape index (κ2) is 6.66. The molecule has 118 valence electrons. The zero-order valence-electron chi connectivity index (χ0n) is 12.9. The third kappa shape index (κ3) is 3.26. The standard InChI is InChI=1S/C15H16N6OS/c1-3-4-12-14(23-20-19-12)15(22)18-11-5-6-13(17-9-11)21-8-7-16-10(21)2/h5-9H,3-4H2,1-2H3,(H,18,22). The molecule has 0 aromatic carbocycles. The number of hydrogen-bond acceptors (Lipinski definition) is 6. The van der Waals surface area contributed by atoms with E-state index in [4.69, 9.17) is 0 Å². The SMILES string of the molecule is CCCc1nnsc1C(=O)Nc1ccc(-n2ccnc2C)nc1. The Morgan fingerprint density at radius 3 is 2.87 bits per heavy atom. The van der Waals surface area contributed by atoms with Gasteiger partial charge in [0.25, 0.3) is 5.91 Å². The topological polar surface area (TPSA) is 85.6 Å². The summed E-state index contributed by atoms with van der Waals surface area (Å²) >= 11 is 1.11. The van der Waals surface area contributed by atoms with Crippen LogP contribution in [0.2, 0.25) is 0 Å². The summed E-state index contributed by atoms with van der Waals surface area (Å²) in [4.78, 5) is 21.4. The molecule has 0 saturated heterocycles. The van der Waals surface area contributed by atoms with E-state index in [2.05, 4.69) is 24.9 Å². The van der Waals surface area contributed by atoms with Crippen LogP contribution in [0, 0.1) is 6.92 Å². The highest BCUT2D eigenvalue weighted by Gasteiger charge is 2.16. The van der Waals surface area contributed by atoms with Crippen molar-refractivity contribution in [2.24, 2.45) is 0 Å². The van der Waals surface area contributed by atoms with Crippen molar-refractivity contribution in [2.45, 2.75) is 26.7 Å².